The average Bonchev–Trinajstić information content (AvgIpc) is 3.56. The Morgan fingerprint density at radius 3 is 1.95 bits per heavy atom. The maximum atomic E-state index is 12.5. The number of hydrogen-bond donors (Lipinski definition) is 2. The van der Waals surface area contributed by atoms with Gasteiger partial charge in [-0.2, -0.15) is 0 Å². The van der Waals surface area contributed by atoms with Crippen LogP contribution in [0.5, 0.6) is 5.75 Å². The second-order valence-corrected chi connectivity index (χ2v) is 9.61. The third-order valence-corrected chi connectivity index (χ3v) is 7.03. The predicted octanol–water partition coefficient (Wildman–Crippen LogP) is 3.32. The van der Waals surface area contributed by atoms with Gasteiger partial charge in [-0.1, -0.05) is 12.1 Å². The summed E-state index contributed by atoms with van der Waals surface area (Å²) in [5.41, 5.74) is 18.2. The highest BCUT2D eigenvalue weighted by Gasteiger charge is 2.26. The molecule has 0 saturated heterocycles. The largest absolute Gasteiger partial charge is 0.497 e. The second kappa shape index (κ2) is 12.8. The standard InChI is InChI=1S/C20H22N2O4S.C8O2/c1-26-15-7-4-8-16(12-15)27(24,25)22-20(23)21-19-17-9-2-5-13(17)11-14-6-3-10-18(14)19;9-7-5-3-1-2-4-6-8-10/h4,7-8,11-12H,2-3,5-6,9-10H2,1H3,(H2,21,22,23);. The number of carbonyl (C=O) groups excluding carboxylic acids is 3. The third-order valence-electron chi connectivity index (χ3n) is 5.70. The van der Waals surface area contributed by atoms with Crippen LogP contribution in [-0.2, 0) is 45.3 Å². The maximum Gasteiger partial charge on any atom is 0.333 e. The van der Waals surface area contributed by atoms with Gasteiger partial charge in [-0.3, -0.25) is 0 Å². The van der Waals surface area contributed by atoms with Crippen LogP contribution in [0.2, 0.25) is 0 Å². The number of sulfonamides is 1. The molecule has 37 heavy (non-hydrogen) atoms. The zero-order valence-corrected chi connectivity index (χ0v) is 20.8. The molecular weight excluding hydrogens is 492 g/mol. The van der Waals surface area contributed by atoms with E-state index in [1.165, 1.54) is 42.3 Å². The summed E-state index contributed by atoms with van der Waals surface area (Å²) in [6.45, 7) is 0. The van der Waals surface area contributed by atoms with Crippen LogP contribution in [0.4, 0.5) is 10.5 Å². The van der Waals surface area contributed by atoms with E-state index in [0.29, 0.717) is 5.75 Å². The number of fused-ring (bicyclic) bond motifs is 2. The normalized spacial score (nSPS) is 12.0. The summed E-state index contributed by atoms with van der Waals surface area (Å²) in [5, 5.41) is 2.84. The van der Waals surface area contributed by atoms with E-state index in [1.54, 1.807) is 12.1 Å². The summed E-state index contributed by atoms with van der Waals surface area (Å²) in [6.07, 6.45) is 6.00. The van der Waals surface area contributed by atoms with Crippen molar-refractivity contribution in [2.45, 2.75) is 43.4 Å². The Hall–Kier alpha value is -4.70. The summed E-state index contributed by atoms with van der Waals surface area (Å²) in [7, 11) is -2.52. The smallest absolute Gasteiger partial charge is 0.333 e. The van der Waals surface area contributed by atoms with Gasteiger partial charge in [0.05, 0.1) is 12.0 Å². The Morgan fingerprint density at radius 1 is 0.838 bits per heavy atom. The lowest BCUT2D eigenvalue weighted by molar-refractivity contribution is 0.256. The predicted molar refractivity (Wildman–Crippen MR) is 135 cm³/mol. The van der Waals surface area contributed by atoms with E-state index >= 15 is 0 Å². The first kappa shape index (κ1) is 26.9. The molecule has 8 nitrogen and oxygen atoms in total. The molecule has 9 heteroatoms. The molecule has 2 aliphatic carbocycles. The van der Waals surface area contributed by atoms with Gasteiger partial charge in [-0.15, -0.1) is 0 Å². The van der Waals surface area contributed by atoms with Crippen LogP contribution >= 0.6 is 0 Å². The van der Waals surface area contributed by atoms with Crippen LogP contribution in [0.1, 0.15) is 35.1 Å². The molecule has 2 aliphatic rings. The summed E-state index contributed by atoms with van der Waals surface area (Å²) in [6, 6.07) is 7.56. The molecule has 0 bridgehead atoms. The summed E-state index contributed by atoms with van der Waals surface area (Å²) in [4.78, 5) is 31.4. The molecule has 0 aliphatic heterocycles. The zero-order chi connectivity index (χ0) is 26.7. The van der Waals surface area contributed by atoms with Gasteiger partial charge in [-0.05, 0) is 72.9 Å². The van der Waals surface area contributed by atoms with Gasteiger partial charge < -0.3 is 10.1 Å². The Balaban J connectivity index is 0.000000325. The van der Waals surface area contributed by atoms with Crippen LogP contribution in [0.25, 0.3) is 0 Å². The molecule has 2 aromatic carbocycles. The number of benzene rings is 2. The monoisotopic (exact) mass is 514 g/mol. The highest BCUT2D eigenvalue weighted by atomic mass is 32.2. The fourth-order valence-electron chi connectivity index (χ4n) is 4.23. The van der Waals surface area contributed by atoms with Gasteiger partial charge in [0.2, 0.25) is 0 Å². The van der Waals surface area contributed by atoms with Gasteiger partial charge in [0, 0.05) is 46.1 Å². The number of nitrogens with one attached hydrogen (secondary N) is 2. The number of carbonyl (C=O) groups is 1. The van der Waals surface area contributed by atoms with Crippen molar-refractivity contribution in [1.82, 2.24) is 4.72 Å². The lowest BCUT2D eigenvalue weighted by Crippen LogP contribution is -2.35. The van der Waals surface area contributed by atoms with E-state index in [4.69, 9.17) is 4.74 Å². The zero-order valence-electron chi connectivity index (χ0n) is 20.0. The molecule has 0 atom stereocenters. The third kappa shape index (κ3) is 7.15. The summed E-state index contributed by atoms with van der Waals surface area (Å²) < 4.78 is 32.3. The Morgan fingerprint density at radius 2 is 1.41 bits per heavy atom. The van der Waals surface area contributed by atoms with Gasteiger partial charge >= 0.3 is 6.03 Å². The van der Waals surface area contributed by atoms with Crippen LogP contribution in [-0.4, -0.2) is 33.4 Å². The van der Waals surface area contributed by atoms with Crippen LogP contribution in [0.15, 0.2) is 69.6 Å². The Kier molecular flexibility index (Phi) is 9.34. The Bertz CT molecular complexity index is 1550. The van der Waals surface area contributed by atoms with Crippen molar-refractivity contribution in [3.63, 3.8) is 0 Å². The topological polar surface area (TPSA) is 119 Å². The summed E-state index contributed by atoms with van der Waals surface area (Å²) in [5.74, 6) is 3.05. The first-order valence-corrected chi connectivity index (χ1v) is 12.8. The summed E-state index contributed by atoms with van der Waals surface area (Å²) >= 11 is 0. The fourth-order valence-corrected chi connectivity index (χ4v) is 5.17. The SMILES string of the molecule is COc1cccc(S(=O)(=O)NC(=O)Nc2c3c(cc4c2CCC4)CCC3)c1.O=C=C=C=C=C=C=C=C=O. The van der Waals surface area contributed by atoms with Crippen molar-refractivity contribution >= 4 is 33.6 Å². The van der Waals surface area contributed by atoms with E-state index in [2.05, 4.69) is 39.0 Å². The van der Waals surface area contributed by atoms with Crippen LogP contribution < -0.4 is 14.8 Å². The molecule has 186 valence electrons. The van der Waals surface area contributed by atoms with Crippen molar-refractivity contribution in [3.8, 4) is 5.75 Å². The minimum Gasteiger partial charge on any atom is -0.497 e. The lowest BCUT2D eigenvalue weighted by atomic mass is 9.99. The number of aryl methyl sites for hydroxylation is 2. The minimum atomic E-state index is -3.98. The molecular formula is C28H22N2O6S. The maximum absolute atomic E-state index is 12.5. The first-order valence-electron chi connectivity index (χ1n) is 11.3. The van der Waals surface area contributed by atoms with Gasteiger partial charge in [0.25, 0.3) is 10.0 Å². The van der Waals surface area contributed by atoms with Gasteiger partial charge in [0.1, 0.15) is 5.75 Å². The number of rotatable bonds is 4. The molecule has 0 saturated carbocycles. The lowest BCUT2D eigenvalue weighted by Gasteiger charge is -2.16. The van der Waals surface area contributed by atoms with Crippen molar-refractivity contribution in [2.75, 3.05) is 12.4 Å². The molecule has 0 aromatic heterocycles. The quantitative estimate of drug-likeness (QED) is 0.477. The minimum absolute atomic E-state index is 0.0134. The van der Waals surface area contributed by atoms with Gasteiger partial charge in [0.15, 0.2) is 11.9 Å². The Labute approximate surface area is 214 Å². The number of hydrogen-bond acceptors (Lipinski definition) is 6. The average molecular weight is 515 g/mol. The highest BCUT2D eigenvalue weighted by Crippen LogP contribution is 2.38. The van der Waals surface area contributed by atoms with E-state index in [1.807, 2.05) is 11.5 Å². The van der Waals surface area contributed by atoms with Crippen molar-refractivity contribution < 1.29 is 27.5 Å². The van der Waals surface area contributed by atoms with Crippen molar-refractivity contribution in [1.29, 1.82) is 0 Å². The second-order valence-electron chi connectivity index (χ2n) is 7.93. The molecule has 0 spiro atoms. The molecule has 0 unspecified atom stereocenters. The molecule has 2 aromatic rings. The number of methoxy groups -OCH3 is 1. The number of ether oxygens (including phenoxy) is 1. The van der Waals surface area contributed by atoms with E-state index < -0.39 is 16.1 Å². The van der Waals surface area contributed by atoms with E-state index in [-0.39, 0.29) is 4.90 Å². The van der Waals surface area contributed by atoms with Crippen molar-refractivity contribution in [2.24, 2.45) is 0 Å². The number of urea groups is 1. The number of anilines is 1. The van der Waals surface area contributed by atoms with Crippen LogP contribution in [0, 0.1) is 0 Å². The highest BCUT2D eigenvalue weighted by molar-refractivity contribution is 7.90. The number of amides is 2. The van der Waals surface area contributed by atoms with E-state index in [9.17, 15) is 22.8 Å². The molecule has 0 radical (unpaired) electrons. The fraction of sp³-hybridized carbons (Fsp3) is 0.250. The molecule has 0 heterocycles. The van der Waals surface area contributed by atoms with Crippen molar-refractivity contribution in [3.05, 3.63) is 87.0 Å². The molecule has 0 fully saturated rings. The van der Waals surface area contributed by atoms with Crippen LogP contribution in [0.3, 0.4) is 0 Å². The van der Waals surface area contributed by atoms with Gasteiger partial charge in [-0.25, -0.2) is 27.5 Å². The van der Waals surface area contributed by atoms with E-state index in [0.717, 1.165) is 55.3 Å². The molecule has 4 rings (SSSR count). The molecule has 2 N–H and O–H groups in total. The first-order chi connectivity index (χ1) is 17.9. The molecule has 2 amide bonds.